The highest BCUT2D eigenvalue weighted by molar-refractivity contribution is 6.55. The minimum absolute atomic E-state index is 0.0873. The summed E-state index contributed by atoms with van der Waals surface area (Å²) in [5.41, 5.74) is 6.50. The molecule has 2 aromatic rings. The first-order valence-electron chi connectivity index (χ1n) is 11.4. The summed E-state index contributed by atoms with van der Waals surface area (Å²) in [7, 11) is 2.10. The van der Waals surface area contributed by atoms with Gasteiger partial charge in [-0.2, -0.15) is 0 Å². The normalized spacial score (nSPS) is 18.1. The molecule has 0 bridgehead atoms. The number of para-hydroxylation sites is 1. The van der Waals surface area contributed by atoms with Crippen LogP contribution in [0.1, 0.15) is 43.0 Å². The lowest BCUT2D eigenvalue weighted by molar-refractivity contribution is -0.111. The van der Waals surface area contributed by atoms with Gasteiger partial charge in [0.05, 0.1) is 5.69 Å². The van der Waals surface area contributed by atoms with E-state index >= 15 is 0 Å². The van der Waals surface area contributed by atoms with E-state index in [9.17, 15) is 4.79 Å². The number of aliphatic imine (C=N–C) groups is 1. The van der Waals surface area contributed by atoms with Crippen LogP contribution in [0.4, 0.5) is 5.69 Å². The van der Waals surface area contributed by atoms with Crippen molar-refractivity contribution in [1.29, 1.82) is 0 Å². The second-order valence-electron chi connectivity index (χ2n) is 8.30. The van der Waals surface area contributed by atoms with Gasteiger partial charge in [0, 0.05) is 52.3 Å². The number of benzene rings is 1. The molecule has 1 aromatic heterocycles. The number of rotatable bonds is 4. The Morgan fingerprint density at radius 2 is 2.00 bits per heavy atom. The standard InChI is InChI=1S/C29H27N3O/c1-4-11-21(5-2)32-27-15-10-9-13-24(27)28(29(32)33)30-20-16-18-23-22-12-7-6-8-14-25(22)31(3)26(23)19-17-20/h4,7-15,17-19H,1,5-6,16H2,2-3H3/b21-11+,30-28?. The maximum Gasteiger partial charge on any atom is 0.281 e. The molecule has 0 fully saturated rings. The zero-order valence-electron chi connectivity index (χ0n) is 19.1. The largest absolute Gasteiger partial charge is 0.344 e. The molecule has 1 aliphatic heterocycles. The van der Waals surface area contributed by atoms with Crippen LogP contribution in [0.2, 0.25) is 0 Å². The number of carbonyl (C=O) groups excluding carboxylic acids is 1. The van der Waals surface area contributed by atoms with Crippen LogP contribution in [0.3, 0.4) is 0 Å². The lowest BCUT2D eigenvalue weighted by atomic mass is 10.1. The molecule has 0 saturated heterocycles. The minimum atomic E-state index is -0.0873. The average Bonchev–Trinajstić information content (AvgIpc) is 3.05. The van der Waals surface area contributed by atoms with Crippen LogP contribution in [-0.2, 0) is 11.8 Å². The van der Waals surface area contributed by atoms with E-state index in [2.05, 4.69) is 54.6 Å². The lowest BCUT2D eigenvalue weighted by Gasteiger charge is -2.19. The van der Waals surface area contributed by atoms with Gasteiger partial charge in [0.15, 0.2) is 0 Å². The number of aromatic nitrogens is 1. The van der Waals surface area contributed by atoms with Crippen molar-refractivity contribution in [2.24, 2.45) is 12.0 Å². The predicted octanol–water partition coefficient (Wildman–Crippen LogP) is 4.62. The maximum absolute atomic E-state index is 13.5. The van der Waals surface area contributed by atoms with E-state index in [0.29, 0.717) is 12.1 Å². The monoisotopic (exact) mass is 433 g/mol. The third kappa shape index (κ3) is 3.48. The van der Waals surface area contributed by atoms with Gasteiger partial charge in [0.1, 0.15) is 5.71 Å². The molecule has 0 spiro atoms. The number of anilines is 1. The third-order valence-corrected chi connectivity index (χ3v) is 6.37. The Morgan fingerprint density at radius 1 is 1.18 bits per heavy atom. The van der Waals surface area contributed by atoms with E-state index in [0.717, 1.165) is 40.8 Å². The molecular weight excluding hydrogens is 406 g/mol. The number of carbonyl (C=O) groups is 1. The SMILES string of the molecule is C=C/C=C(\CC)N1C(=O)C(=NC2=CC=c3c(c4c(n3C)C=CCC=C4)=CC2)c2ccccc21. The van der Waals surface area contributed by atoms with Crippen molar-refractivity contribution in [2.45, 2.75) is 26.2 Å². The van der Waals surface area contributed by atoms with Gasteiger partial charge in [-0.05, 0) is 43.2 Å². The van der Waals surface area contributed by atoms with Crippen LogP contribution in [0.5, 0.6) is 0 Å². The van der Waals surface area contributed by atoms with Crippen LogP contribution in [0, 0.1) is 0 Å². The van der Waals surface area contributed by atoms with Gasteiger partial charge in [-0.3, -0.25) is 9.69 Å². The van der Waals surface area contributed by atoms with Crippen molar-refractivity contribution >= 4 is 41.6 Å². The Morgan fingerprint density at radius 3 is 2.82 bits per heavy atom. The highest BCUT2D eigenvalue weighted by Gasteiger charge is 2.35. The first kappa shape index (κ1) is 21.0. The Labute approximate surface area is 194 Å². The van der Waals surface area contributed by atoms with E-state index < -0.39 is 0 Å². The summed E-state index contributed by atoms with van der Waals surface area (Å²) < 4.78 is 2.23. The van der Waals surface area contributed by atoms with Crippen molar-refractivity contribution in [3.8, 4) is 0 Å². The van der Waals surface area contributed by atoms with E-state index in [1.165, 1.54) is 16.5 Å². The van der Waals surface area contributed by atoms with E-state index in [1.54, 1.807) is 11.0 Å². The summed E-state index contributed by atoms with van der Waals surface area (Å²) in [5.74, 6) is -0.0873. The summed E-state index contributed by atoms with van der Waals surface area (Å²) in [5, 5.41) is 2.39. The van der Waals surface area contributed by atoms with Crippen molar-refractivity contribution in [1.82, 2.24) is 4.57 Å². The van der Waals surface area contributed by atoms with Crippen LogP contribution in [0.25, 0.3) is 24.3 Å². The van der Waals surface area contributed by atoms with Gasteiger partial charge < -0.3 is 4.57 Å². The highest BCUT2D eigenvalue weighted by Crippen LogP contribution is 2.34. The van der Waals surface area contributed by atoms with Gasteiger partial charge in [-0.15, -0.1) is 0 Å². The predicted molar refractivity (Wildman–Crippen MR) is 138 cm³/mol. The summed E-state index contributed by atoms with van der Waals surface area (Å²) in [4.78, 5) is 20.2. The smallest absolute Gasteiger partial charge is 0.281 e. The molecule has 4 heteroatoms. The average molecular weight is 434 g/mol. The van der Waals surface area contributed by atoms with Crippen LogP contribution < -0.4 is 15.5 Å². The molecule has 0 radical (unpaired) electrons. The van der Waals surface area contributed by atoms with E-state index in [-0.39, 0.29) is 5.91 Å². The molecule has 1 aromatic carbocycles. The summed E-state index contributed by atoms with van der Waals surface area (Å²) >= 11 is 0. The number of amides is 1. The van der Waals surface area contributed by atoms with Gasteiger partial charge in [-0.1, -0.05) is 62.1 Å². The fourth-order valence-electron chi connectivity index (χ4n) is 4.76. The molecule has 33 heavy (non-hydrogen) atoms. The zero-order chi connectivity index (χ0) is 22.9. The van der Waals surface area contributed by atoms with Crippen LogP contribution in [-0.4, -0.2) is 16.2 Å². The number of allylic oxidation sites excluding steroid dienone is 7. The number of nitrogens with zero attached hydrogens (tertiary/aromatic N) is 3. The van der Waals surface area contributed by atoms with E-state index in [1.807, 2.05) is 43.3 Å². The van der Waals surface area contributed by atoms with Crippen molar-refractivity contribution < 1.29 is 4.79 Å². The molecule has 0 saturated carbocycles. The molecule has 5 rings (SSSR count). The lowest BCUT2D eigenvalue weighted by Crippen LogP contribution is -2.29. The minimum Gasteiger partial charge on any atom is -0.344 e. The first-order chi connectivity index (χ1) is 16.1. The molecule has 0 unspecified atom stereocenters. The highest BCUT2D eigenvalue weighted by atomic mass is 16.2. The molecule has 3 aliphatic rings. The number of hydrogen-bond acceptors (Lipinski definition) is 2. The third-order valence-electron chi connectivity index (χ3n) is 6.37. The van der Waals surface area contributed by atoms with Gasteiger partial charge in [0.25, 0.3) is 5.91 Å². The first-order valence-corrected chi connectivity index (χ1v) is 11.4. The second-order valence-corrected chi connectivity index (χ2v) is 8.30. The number of hydrogen-bond donors (Lipinski definition) is 0. The molecule has 0 N–H and O–H groups in total. The molecule has 0 atom stereocenters. The van der Waals surface area contributed by atoms with Crippen molar-refractivity contribution in [3.05, 3.63) is 100 Å². The summed E-state index contributed by atoms with van der Waals surface area (Å²) in [6.45, 7) is 5.85. The Hall–Kier alpha value is -3.92. The quantitative estimate of drug-likeness (QED) is 0.649. The molecule has 1 amide bonds. The Bertz CT molecular complexity index is 1440. The summed E-state index contributed by atoms with van der Waals surface area (Å²) in [6, 6.07) is 7.87. The van der Waals surface area contributed by atoms with Crippen LogP contribution >= 0.6 is 0 Å². The Balaban J connectivity index is 1.59. The second kappa shape index (κ2) is 8.55. The van der Waals surface area contributed by atoms with Crippen molar-refractivity contribution in [2.75, 3.05) is 4.90 Å². The topological polar surface area (TPSA) is 37.6 Å². The fourth-order valence-corrected chi connectivity index (χ4v) is 4.76. The zero-order valence-corrected chi connectivity index (χ0v) is 19.1. The molecule has 4 nitrogen and oxygen atoms in total. The molecule has 2 aliphatic carbocycles. The molecule has 2 heterocycles. The summed E-state index contributed by atoms with van der Waals surface area (Å²) in [6.07, 6.45) is 21.1. The van der Waals surface area contributed by atoms with Crippen LogP contribution in [0.15, 0.2) is 77.6 Å². The Kier molecular flexibility index (Phi) is 5.43. The molecular formula is C29H27N3O. The van der Waals surface area contributed by atoms with E-state index in [4.69, 9.17) is 4.99 Å². The van der Waals surface area contributed by atoms with Gasteiger partial charge in [-0.25, -0.2) is 4.99 Å². The van der Waals surface area contributed by atoms with Crippen molar-refractivity contribution in [3.63, 3.8) is 0 Å². The number of fused-ring (bicyclic) bond motifs is 4. The molecule has 164 valence electrons. The fraction of sp³-hybridized carbons (Fsp3) is 0.172. The maximum atomic E-state index is 13.5. The van der Waals surface area contributed by atoms with Gasteiger partial charge >= 0.3 is 0 Å². The van der Waals surface area contributed by atoms with Gasteiger partial charge in [0.2, 0.25) is 0 Å².